The molecule has 20 heavy (non-hydrogen) atoms. The second kappa shape index (κ2) is 5.20. The van der Waals surface area contributed by atoms with E-state index >= 15 is 0 Å². The minimum Gasteiger partial charge on any atom is -0.400 e. The van der Waals surface area contributed by atoms with E-state index in [1.54, 1.807) is 0 Å². The summed E-state index contributed by atoms with van der Waals surface area (Å²) in [6.07, 6.45) is -9.32. The van der Waals surface area contributed by atoms with Gasteiger partial charge in [-0.05, 0) is 0 Å². The molecule has 0 unspecified atom stereocenters. The molecule has 0 saturated heterocycles. The lowest BCUT2D eigenvalue weighted by Gasteiger charge is -2.30. The van der Waals surface area contributed by atoms with Crippen LogP contribution in [0.1, 0.15) is 0 Å². The first-order chi connectivity index (χ1) is 8.71. The Morgan fingerprint density at radius 3 is 1.60 bits per heavy atom. The van der Waals surface area contributed by atoms with E-state index in [1.165, 1.54) is 0 Å². The number of hydrogen-bond acceptors (Lipinski definition) is 5. The highest BCUT2D eigenvalue weighted by Crippen LogP contribution is 2.39. The number of primary amides is 2. The molecule has 0 rings (SSSR count). The summed E-state index contributed by atoms with van der Waals surface area (Å²) in [7, 11) is -6.41. The SMILES string of the molecule is NC(=O)C(C(N)=O)(C(F)(F)OC(F)=C(F)F)S(=O)(=O)O. The standard InChI is InChI=1S/C6H5F5N2O6S/c7-1(8)2(9)19-6(10,11)5(3(12)14,4(13)15)20(16,17)18/h(H2,12,14)(H2,13,15)(H,16,17,18). The van der Waals surface area contributed by atoms with Gasteiger partial charge in [-0.1, -0.05) is 0 Å². The molecule has 0 saturated carbocycles. The molecular formula is C6H5F5N2O6S. The Morgan fingerprint density at radius 2 is 1.40 bits per heavy atom. The van der Waals surface area contributed by atoms with Crippen molar-refractivity contribution in [3.8, 4) is 0 Å². The van der Waals surface area contributed by atoms with Gasteiger partial charge in [0.1, 0.15) is 0 Å². The monoisotopic (exact) mass is 328 g/mol. The van der Waals surface area contributed by atoms with Crippen LogP contribution in [0.2, 0.25) is 0 Å². The average molecular weight is 328 g/mol. The maximum atomic E-state index is 13.4. The van der Waals surface area contributed by atoms with Crippen LogP contribution in [0.4, 0.5) is 22.0 Å². The Labute approximate surface area is 106 Å². The molecule has 0 aliphatic carbocycles. The maximum Gasteiger partial charge on any atom is 0.440 e. The number of ether oxygens (including phenoxy) is 1. The summed E-state index contributed by atoms with van der Waals surface area (Å²) in [6.45, 7) is 0. The van der Waals surface area contributed by atoms with Crippen LogP contribution in [0.3, 0.4) is 0 Å². The van der Waals surface area contributed by atoms with Crippen molar-refractivity contribution >= 4 is 21.9 Å². The van der Waals surface area contributed by atoms with Crippen LogP contribution in [-0.2, 0) is 24.4 Å². The molecule has 0 aromatic heterocycles. The lowest BCUT2D eigenvalue weighted by atomic mass is 10.1. The second-order valence-electron chi connectivity index (χ2n) is 3.04. The Balaban J connectivity index is 6.37. The van der Waals surface area contributed by atoms with Gasteiger partial charge in [-0.2, -0.15) is 30.4 Å². The van der Waals surface area contributed by atoms with Crippen LogP contribution >= 0.6 is 0 Å². The summed E-state index contributed by atoms with van der Waals surface area (Å²) in [4.78, 5) is 21.6. The molecular weight excluding hydrogens is 323 g/mol. The molecule has 8 nitrogen and oxygen atoms in total. The number of hydrogen-bond donors (Lipinski definition) is 3. The molecule has 0 aliphatic heterocycles. The molecule has 0 bridgehead atoms. The third-order valence-corrected chi connectivity index (χ3v) is 3.27. The van der Waals surface area contributed by atoms with E-state index in [2.05, 4.69) is 16.2 Å². The molecule has 0 aromatic carbocycles. The van der Waals surface area contributed by atoms with Crippen molar-refractivity contribution in [2.75, 3.05) is 0 Å². The zero-order valence-corrected chi connectivity index (χ0v) is 9.76. The highest BCUT2D eigenvalue weighted by atomic mass is 32.2. The Bertz CT molecular complexity index is 554. The minimum atomic E-state index is -6.41. The molecule has 0 spiro atoms. The third-order valence-electron chi connectivity index (χ3n) is 1.86. The van der Waals surface area contributed by atoms with Gasteiger partial charge in [0.25, 0.3) is 21.9 Å². The molecule has 0 fully saturated rings. The number of carbonyl (C=O) groups is 2. The van der Waals surface area contributed by atoms with Crippen molar-refractivity contribution in [1.82, 2.24) is 0 Å². The topological polar surface area (TPSA) is 150 Å². The number of nitrogens with two attached hydrogens (primary N) is 2. The first-order valence-electron chi connectivity index (χ1n) is 4.06. The summed E-state index contributed by atoms with van der Waals surface area (Å²) in [5.41, 5.74) is 8.46. The van der Waals surface area contributed by atoms with E-state index in [0.29, 0.717) is 0 Å². The summed E-state index contributed by atoms with van der Waals surface area (Å²) in [5.74, 6) is -5.55. The molecule has 5 N–H and O–H groups in total. The van der Waals surface area contributed by atoms with E-state index in [1.807, 2.05) is 0 Å². The quantitative estimate of drug-likeness (QED) is 0.252. The van der Waals surface area contributed by atoms with E-state index < -0.39 is 44.9 Å². The van der Waals surface area contributed by atoms with Gasteiger partial charge >= 0.3 is 22.9 Å². The Morgan fingerprint density at radius 1 is 1.05 bits per heavy atom. The normalized spacial score (nSPS) is 12.7. The Kier molecular flexibility index (Phi) is 4.69. The number of alkyl halides is 2. The number of carbonyl (C=O) groups excluding carboxylic acids is 2. The van der Waals surface area contributed by atoms with Crippen molar-refractivity contribution < 1.29 is 49.2 Å². The van der Waals surface area contributed by atoms with Crippen LogP contribution in [0.5, 0.6) is 0 Å². The molecule has 0 aromatic rings. The number of amides is 2. The molecule has 14 heteroatoms. The summed E-state index contributed by atoms with van der Waals surface area (Å²) in [5, 5.41) is 0. The fourth-order valence-electron chi connectivity index (χ4n) is 1.04. The molecule has 0 radical (unpaired) electrons. The number of rotatable bonds is 6. The van der Waals surface area contributed by atoms with Crippen molar-refractivity contribution in [1.29, 1.82) is 0 Å². The average Bonchev–Trinajstić information content (AvgIpc) is 2.11. The van der Waals surface area contributed by atoms with Gasteiger partial charge in [0.05, 0.1) is 0 Å². The second-order valence-corrected chi connectivity index (χ2v) is 4.60. The van der Waals surface area contributed by atoms with Crippen LogP contribution in [-0.4, -0.2) is 35.6 Å². The minimum absolute atomic E-state index is 2.60. The summed E-state index contributed by atoms with van der Waals surface area (Å²) < 4.78 is 90.1. The molecule has 0 atom stereocenters. The smallest absolute Gasteiger partial charge is 0.400 e. The van der Waals surface area contributed by atoms with Crippen LogP contribution in [0.15, 0.2) is 12.1 Å². The predicted molar refractivity (Wildman–Crippen MR) is 49.1 cm³/mol. The van der Waals surface area contributed by atoms with Crippen LogP contribution < -0.4 is 11.5 Å². The van der Waals surface area contributed by atoms with Crippen molar-refractivity contribution in [2.45, 2.75) is 10.9 Å². The van der Waals surface area contributed by atoms with E-state index in [0.717, 1.165) is 0 Å². The first-order valence-corrected chi connectivity index (χ1v) is 5.50. The maximum absolute atomic E-state index is 13.4. The largest absolute Gasteiger partial charge is 0.440 e. The molecule has 2 amide bonds. The molecule has 0 heterocycles. The lowest BCUT2D eigenvalue weighted by molar-refractivity contribution is -0.244. The van der Waals surface area contributed by atoms with Gasteiger partial charge in [0.2, 0.25) is 0 Å². The molecule has 116 valence electrons. The zero-order chi connectivity index (χ0) is 16.5. The van der Waals surface area contributed by atoms with Gasteiger partial charge in [-0.15, -0.1) is 0 Å². The van der Waals surface area contributed by atoms with E-state index in [-0.39, 0.29) is 0 Å². The van der Waals surface area contributed by atoms with E-state index in [9.17, 15) is 40.0 Å². The fourth-order valence-corrected chi connectivity index (χ4v) is 1.89. The van der Waals surface area contributed by atoms with Gasteiger partial charge in [-0.25, -0.2) is 0 Å². The van der Waals surface area contributed by atoms with Gasteiger partial charge in [0, 0.05) is 0 Å². The highest BCUT2D eigenvalue weighted by Gasteiger charge is 2.75. The predicted octanol–water partition coefficient (Wildman–Crippen LogP) is -0.772. The lowest BCUT2D eigenvalue weighted by Crippen LogP contribution is -2.69. The third kappa shape index (κ3) is 2.64. The zero-order valence-electron chi connectivity index (χ0n) is 8.94. The van der Waals surface area contributed by atoms with E-state index in [4.69, 9.17) is 4.55 Å². The Hall–Kier alpha value is -1.96. The number of halogens is 5. The van der Waals surface area contributed by atoms with Gasteiger partial charge in [-0.3, -0.25) is 14.1 Å². The van der Waals surface area contributed by atoms with Gasteiger partial charge < -0.3 is 16.2 Å². The van der Waals surface area contributed by atoms with Crippen molar-refractivity contribution in [3.05, 3.63) is 12.1 Å². The van der Waals surface area contributed by atoms with Crippen molar-refractivity contribution in [3.63, 3.8) is 0 Å². The summed E-state index contributed by atoms with van der Waals surface area (Å²) in [6, 6.07) is -3.31. The fraction of sp³-hybridized carbons (Fsp3) is 0.333. The highest BCUT2D eigenvalue weighted by molar-refractivity contribution is 7.89. The van der Waals surface area contributed by atoms with Crippen molar-refractivity contribution in [2.24, 2.45) is 11.5 Å². The van der Waals surface area contributed by atoms with Crippen LogP contribution in [0, 0.1) is 0 Å². The van der Waals surface area contributed by atoms with Gasteiger partial charge in [0.15, 0.2) is 0 Å². The van der Waals surface area contributed by atoms with Crippen LogP contribution in [0.25, 0.3) is 0 Å². The molecule has 0 aliphatic rings. The summed E-state index contributed by atoms with van der Waals surface area (Å²) >= 11 is 0. The first kappa shape index (κ1) is 18.0.